The van der Waals surface area contributed by atoms with Crippen LogP contribution in [0.3, 0.4) is 0 Å². The zero-order valence-electron chi connectivity index (χ0n) is 18.2. The fourth-order valence-electron chi connectivity index (χ4n) is 4.34. The molecule has 1 saturated heterocycles. The molecule has 31 heavy (non-hydrogen) atoms. The molecule has 0 bridgehead atoms. The molecular formula is C24H29ClN4O2. The summed E-state index contributed by atoms with van der Waals surface area (Å²) in [5, 5.41) is 0.786. The summed E-state index contributed by atoms with van der Waals surface area (Å²) in [6.45, 7) is 5.09. The fraction of sp³-hybridized carbons (Fsp3) is 0.417. The number of anilines is 2. The molecule has 1 fully saturated rings. The van der Waals surface area contributed by atoms with Gasteiger partial charge in [-0.05, 0) is 42.3 Å². The van der Waals surface area contributed by atoms with Gasteiger partial charge in [-0.15, -0.1) is 0 Å². The lowest BCUT2D eigenvalue weighted by Gasteiger charge is -2.36. The quantitative estimate of drug-likeness (QED) is 0.664. The highest BCUT2D eigenvalue weighted by Crippen LogP contribution is 2.30. The van der Waals surface area contributed by atoms with Crippen molar-refractivity contribution in [2.24, 2.45) is 0 Å². The van der Waals surface area contributed by atoms with Gasteiger partial charge in [-0.2, -0.15) is 0 Å². The number of halogens is 1. The number of carbonyl (C=O) groups excluding carboxylic acids is 2. The molecule has 4 rings (SSSR count). The lowest BCUT2D eigenvalue weighted by Crippen LogP contribution is -2.47. The number of fused-ring (bicyclic) bond motifs is 1. The minimum atomic E-state index is -0.0197. The van der Waals surface area contributed by atoms with E-state index in [1.54, 1.807) is 23.9 Å². The van der Waals surface area contributed by atoms with Gasteiger partial charge in [-0.3, -0.25) is 14.6 Å². The van der Waals surface area contributed by atoms with Crippen molar-refractivity contribution < 1.29 is 9.59 Å². The second-order valence-electron chi connectivity index (χ2n) is 8.38. The van der Waals surface area contributed by atoms with E-state index in [4.69, 9.17) is 11.6 Å². The number of nitrogens with zero attached hydrogens (tertiary/aromatic N) is 4. The van der Waals surface area contributed by atoms with Crippen molar-refractivity contribution in [1.82, 2.24) is 9.80 Å². The van der Waals surface area contributed by atoms with Gasteiger partial charge >= 0.3 is 6.03 Å². The maximum absolute atomic E-state index is 12.8. The van der Waals surface area contributed by atoms with E-state index in [0.29, 0.717) is 13.0 Å². The van der Waals surface area contributed by atoms with Gasteiger partial charge in [-0.1, -0.05) is 23.7 Å². The topological polar surface area (TPSA) is 47.1 Å². The zero-order chi connectivity index (χ0) is 22.0. The molecule has 0 spiro atoms. The third-order valence-electron chi connectivity index (χ3n) is 6.13. The molecule has 0 aliphatic carbocycles. The second kappa shape index (κ2) is 9.28. The molecule has 2 aromatic carbocycles. The van der Waals surface area contributed by atoms with Crippen LogP contribution in [0.4, 0.5) is 16.2 Å². The number of hydrogen-bond donors (Lipinski definition) is 0. The van der Waals surface area contributed by atoms with Crippen molar-refractivity contribution in [2.45, 2.75) is 12.8 Å². The molecule has 7 heteroatoms. The van der Waals surface area contributed by atoms with E-state index in [9.17, 15) is 9.59 Å². The Balaban J connectivity index is 1.30. The summed E-state index contributed by atoms with van der Waals surface area (Å²) in [6.07, 6.45) is 1.30. The number of Topliss-reactive ketones (excluding diaryl/α,β-unsaturated/α-hetero) is 1. The lowest BCUT2D eigenvalue weighted by molar-refractivity contribution is 0.0962. The average molecular weight is 441 g/mol. The maximum atomic E-state index is 12.8. The van der Waals surface area contributed by atoms with E-state index >= 15 is 0 Å². The summed E-state index contributed by atoms with van der Waals surface area (Å²) < 4.78 is 0. The second-order valence-corrected chi connectivity index (χ2v) is 8.78. The number of rotatable bonds is 5. The molecule has 6 nitrogen and oxygen atoms in total. The first-order valence-corrected chi connectivity index (χ1v) is 11.2. The molecule has 0 aromatic heterocycles. The number of amides is 2. The van der Waals surface area contributed by atoms with Crippen LogP contribution in [0.25, 0.3) is 0 Å². The van der Waals surface area contributed by atoms with Gasteiger partial charge in [0.25, 0.3) is 0 Å². The predicted octanol–water partition coefficient (Wildman–Crippen LogP) is 3.78. The van der Waals surface area contributed by atoms with Gasteiger partial charge < -0.3 is 9.80 Å². The minimum absolute atomic E-state index is 0.0197. The van der Waals surface area contributed by atoms with Crippen LogP contribution < -0.4 is 9.80 Å². The first kappa shape index (κ1) is 21.7. The molecule has 2 aliphatic rings. The van der Waals surface area contributed by atoms with Gasteiger partial charge in [0.05, 0.1) is 10.7 Å². The predicted molar refractivity (Wildman–Crippen MR) is 126 cm³/mol. The van der Waals surface area contributed by atoms with Gasteiger partial charge in [0.1, 0.15) is 0 Å². The molecule has 0 radical (unpaired) electrons. The number of para-hydroxylation sites is 1. The number of hydrogen-bond acceptors (Lipinski definition) is 4. The molecular weight excluding hydrogens is 412 g/mol. The first-order valence-electron chi connectivity index (χ1n) is 10.8. The van der Waals surface area contributed by atoms with Crippen molar-refractivity contribution in [3.63, 3.8) is 0 Å². The van der Waals surface area contributed by atoms with E-state index < -0.39 is 0 Å². The summed E-state index contributed by atoms with van der Waals surface area (Å²) in [5.74, 6) is 0.161. The average Bonchev–Trinajstić information content (AvgIpc) is 3.21. The Morgan fingerprint density at radius 1 is 0.968 bits per heavy atom. The van der Waals surface area contributed by atoms with E-state index in [-0.39, 0.29) is 11.8 Å². The molecule has 2 aromatic rings. The van der Waals surface area contributed by atoms with Crippen LogP contribution in [0.1, 0.15) is 22.3 Å². The zero-order valence-corrected chi connectivity index (χ0v) is 18.9. The summed E-state index contributed by atoms with van der Waals surface area (Å²) in [5.41, 5.74) is 3.83. The maximum Gasteiger partial charge on any atom is 0.323 e. The summed E-state index contributed by atoms with van der Waals surface area (Å²) in [4.78, 5) is 33.1. The normalized spacial score (nSPS) is 16.4. The van der Waals surface area contributed by atoms with Gasteiger partial charge in [0.2, 0.25) is 0 Å². The molecule has 164 valence electrons. The number of urea groups is 1. The summed E-state index contributed by atoms with van der Waals surface area (Å²) >= 11 is 6.32. The Hall–Kier alpha value is -2.57. The van der Waals surface area contributed by atoms with Gasteiger partial charge in [0.15, 0.2) is 5.78 Å². The molecule has 0 saturated carbocycles. The van der Waals surface area contributed by atoms with E-state index in [2.05, 4.69) is 15.9 Å². The molecule has 0 N–H and O–H groups in total. The number of benzene rings is 2. The molecule has 2 amide bonds. The Bertz CT molecular complexity index is 970. The lowest BCUT2D eigenvalue weighted by atomic mass is 10.0. The van der Waals surface area contributed by atoms with E-state index in [1.807, 2.05) is 36.4 Å². The van der Waals surface area contributed by atoms with Crippen LogP contribution in [0.5, 0.6) is 0 Å². The third kappa shape index (κ3) is 4.70. The largest absolute Gasteiger partial charge is 0.368 e. The van der Waals surface area contributed by atoms with Crippen LogP contribution in [-0.2, 0) is 6.42 Å². The molecule has 2 heterocycles. The Kier molecular flexibility index (Phi) is 6.49. The van der Waals surface area contributed by atoms with E-state index in [1.165, 1.54) is 0 Å². The monoisotopic (exact) mass is 440 g/mol. The molecule has 2 aliphatic heterocycles. The number of ketones is 1. The smallest absolute Gasteiger partial charge is 0.323 e. The number of carbonyl (C=O) groups is 2. The standard InChI is InChI=1S/C24H29ClN4O2/c1-26(2)24(31)29-12-9-18-17-19(7-8-21(18)29)23(30)10-11-27-13-15-28(16-14-27)22-6-4-3-5-20(22)25/h3-8,17H,9-16H2,1-2H3. The van der Waals surface area contributed by atoms with Crippen molar-refractivity contribution in [3.8, 4) is 0 Å². The summed E-state index contributed by atoms with van der Waals surface area (Å²) in [7, 11) is 3.51. The van der Waals surface area contributed by atoms with Crippen molar-refractivity contribution in [2.75, 3.05) is 63.2 Å². The Morgan fingerprint density at radius 3 is 2.42 bits per heavy atom. The Morgan fingerprint density at radius 2 is 1.71 bits per heavy atom. The van der Waals surface area contributed by atoms with Crippen molar-refractivity contribution in [3.05, 3.63) is 58.6 Å². The van der Waals surface area contributed by atoms with Crippen LogP contribution in [0.15, 0.2) is 42.5 Å². The van der Waals surface area contributed by atoms with Crippen LogP contribution in [0.2, 0.25) is 5.02 Å². The fourth-order valence-corrected chi connectivity index (χ4v) is 4.60. The van der Waals surface area contributed by atoms with E-state index in [0.717, 1.165) is 66.7 Å². The van der Waals surface area contributed by atoms with Crippen molar-refractivity contribution >= 4 is 34.8 Å². The molecule has 0 atom stereocenters. The molecule has 0 unspecified atom stereocenters. The Labute approximate surface area is 189 Å². The highest BCUT2D eigenvalue weighted by atomic mass is 35.5. The highest BCUT2D eigenvalue weighted by Gasteiger charge is 2.26. The van der Waals surface area contributed by atoms with Crippen LogP contribution in [0, 0.1) is 0 Å². The minimum Gasteiger partial charge on any atom is -0.368 e. The van der Waals surface area contributed by atoms with Gasteiger partial charge in [-0.25, -0.2) is 4.79 Å². The van der Waals surface area contributed by atoms with Crippen LogP contribution >= 0.6 is 11.6 Å². The summed E-state index contributed by atoms with van der Waals surface area (Å²) in [6, 6.07) is 13.7. The highest BCUT2D eigenvalue weighted by molar-refractivity contribution is 6.33. The number of piperazine rings is 1. The van der Waals surface area contributed by atoms with Crippen LogP contribution in [-0.4, -0.2) is 75.0 Å². The third-order valence-corrected chi connectivity index (χ3v) is 6.45. The SMILES string of the molecule is CN(C)C(=O)N1CCc2cc(C(=O)CCN3CCN(c4ccccc4Cl)CC3)ccc21. The van der Waals surface area contributed by atoms with Crippen molar-refractivity contribution in [1.29, 1.82) is 0 Å². The van der Waals surface area contributed by atoms with Gasteiger partial charge in [0, 0.05) is 71.0 Å². The first-order chi connectivity index (χ1) is 14.9.